The highest BCUT2D eigenvalue weighted by molar-refractivity contribution is 5.88. The van der Waals surface area contributed by atoms with Crippen LogP contribution in [0.4, 0.5) is 0 Å². The molecule has 2 aromatic carbocycles. The Morgan fingerprint density at radius 1 is 0.933 bits per heavy atom. The van der Waals surface area contributed by atoms with Gasteiger partial charge in [-0.3, -0.25) is 19.3 Å². The third-order valence-electron chi connectivity index (χ3n) is 5.10. The van der Waals surface area contributed by atoms with Crippen LogP contribution in [0.25, 0.3) is 0 Å². The van der Waals surface area contributed by atoms with Crippen LogP contribution in [0.3, 0.4) is 0 Å². The highest BCUT2D eigenvalue weighted by Gasteiger charge is 2.26. The Morgan fingerprint density at radius 2 is 1.57 bits per heavy atom. The van der Waals surface area contributed by atoms with E-state index in [9.17, 15) is 14.4 Å². The molecule has 0 aliphatic carbocycles. The summed E-state index contributed by atoms with van der Waals surface area (Å²) in [6.07, 6.45) is 0.792. The summed E-state index contributed by atoms with van der Waals surface area (Å²) in [6.45, 7) is 2.36. The second-order valence-electron chi connectivity index (χ2n) is 7.57. The fraction of sp³-hybridized carbons (Fsp3) is 0.348. The largest absolute Gasteiger partial charge is 0.368 e. The van der Waals surface area contributed by atoms with Crippen molar-refractivity contribution in [2.24, 2.45) is 5.73 Å². The molecule has 1 aliphatic rings. The Labute approximate surface area is 177 Å². The number of rotatable bonds is 8. The normalized spacial score (nSPS) is 14.9. The summed E-state index contributed by atoms with van der Waals surface area (Å²) < 4.78 is 0. The van der Waals surface area contributed by atoms with Crippen molar-refractivity contribution in [3.8, 4) is 0 Å². The van der Waals surface area contributed by atoms with Gasteiger partial charge in [0.15, 0.2) is 0 Å². The lowest BCUT2D eigenvalue weighted by atomic mass is 10.2. The summed E-state index contributed by atoms with van der Waals surface area (Å²) in [5, 5.41) is 0. The van der Waals surface area contributed by atoms with E-state index in [2.05, 4.69) is 4.90 Å². The predicted molar refractivity (Wildman–Crippen MR) is 114 cm³/mol. The van der Waals surface area contributed by atoms with Crippen molar-refractivity contribution in [3.05, 3.63) is 71.8 Å². The molecule has 0 aromatic heterocycles. The van der Waals surface area contributed by atoms with E-state index in [1.807, 2.05) is 60.7 Å². The average molecular weight is 409 g/mol. The van der Waals surface area contributed by atoms with Crippen molar-refractivity contribution in [1.82, 2.24) is 14.7 Å². The molecule has 0 unspecified atom stereocenters. The Kier molecular flexibility index (Phi) is 7.57. The first-order valence-electron chi connectivity index (χ1n) is 10.2. The van der Waals surface area contributed by atoms with Crippen LogP contribution in [0.2, 0.25) is 0 Å². The molecule has 1 heterocycles. The van der Waals surface area contributed by atoms with Crippen molar-refractivity contribution >= 4 is 17.7 Å². The molecule has 0 bridgehead atoms. The van der Waals surface area contributed by atoms with Gasteiger partial charge in [-0.2, -0.15) is 0 Å². The molecule has 30 heavy (non-hydrogen) atoms. The van der Waals surface area contributed by atoms with Gasteiger partial charge in [0.05, 0.1) is 19.6 Å². The monoisotopic (exact) mass is 408 g/mol. The maximum absolute atomic E-state index is 12.9. The predicted octanol–water partition coefficient (Wildman–Crippen LogP) is 1.24. The van der Waals surface area contributed by atoms with Crippen LogP contribution in [-0.2, 0) is 27.5 Å². The van der Waals surface area contributed by atoms with Crippen molar-refractivity contribution in [1.29, 1.82) is 0 Å². The topological polar surface area (TPSA) is 86.9 Å². The molecule has 1 fully saturated rings. The van der Waals surface area contributed by atoms with Gasteiger partial charge in [-0.15, -0.1) is 0 Å². The Morgan fingerprint density at radius 3 is 2.20 bits per heavy atom. The number of nitrogens with two attached hydrogens (primary N) is 1. The molecule has 1 saturated heterocycles. The van der Waals surface area contributed by atoms with E-state index < -0.39 is 5.91 Å². The van der Waals surface area contributed by atoms with Crippen molar-refractivity contribution in [2.45, 2.75) is 19.5 Å². The van der Waals surface area contributed by atoms with Gasteiger partial charge in [-0.25, -0.2) is 0 Å². The highest BCUT2D eigenvalue weighted by Crippen LogP contribution is 2.11. The second-order valence-corrected chi connectivity index (χ2v) is 7.57. The van der Waals surface area contributed by atoms with Gasteiger partial charge in [-0.05, 0) is 17.5 Å². The van der Waals surface area contributed by atoms with Gasteiger partial charge in [0.25, 0.3) is 0 Å². The van der Waals surface area contributed by atoms with Crippen LogP contribution in [0.15, 0.2) is 60.7 Å². The second kappa shape index (κ2) is 10.5. The number of hydrogen-bond acceptors (Lipinski definition) is 4. The average Bonchev–Trinajstić information content (AvgIpc) is 2.89. The number of carbonyl (C=O) groups excluding carboxylic acids is 3. The highest BCUT2D eigenvalue weighted by atomic mass is 16.2. The zero-order chi connectivity index (χ0) is 21.3. The summed E-state index contributed by atoms with van der Waals surface area (Å²) >= 11 is 0. The van der Waals surface area contributed by atoms with E-state index in [-0.39, 0.29) is 38.0 Å². The molecule has 7 heteroatoms. The minimum atomic E-state index is -0.574. The molecule has 158 valence electrons. The SMILES string of the molecule is NC(=O)CN(Cc1ccccc1)C(=O)CN1CCCN(Cc2ccccc2)CC1=O. The first-order chi connectivity index (χ1) is 14.5. The molecule has 3 rings (SSSR count). The summed E-state index contributed by atoms with van der Waals surface area (Å²) in [5.41, 5.74) is 7.41. The van der Waals surface area contributed by atoms with Gasteiger partial charge in [0.1, 0.15) is 0 Å². The van der Waals surface area contributed by atoms with E-state index in [1.54, 1.807) is 4.90 Å². The van der Waals surface area contributed by atoms with E-state index in [1.165, 1.54) is 4.90 Å². The fourth-order valence-corrected chi connectivity index (χ4v) is 3.61. The molecular weight excluding hydrogens is 380 g/mol. The molecule has 2 aromatic rings. The van der Waals surface area contributed by atoms with Crippen molar-refractivity contribution in [3.63, 3.8) is 0 Å². The van der Waals surface area contributed by atoms with Crippen LogP contribution >= 0.6 is 0 Å². The minimum absolute atomic E-state index is 0.0435. The molecule has 0 radical (unpaired) electrons. The lowest BCUT2D eigenvalue weighted by Crippen LogP contribution is -2.46. The molecular formula is C23H28N4O3. The third-order valence-corrected chi connectivity index (χ3v) is 5.10. The summed E-state index contributed by atoms with van der Waals surface area (Å²) in [4.78, 5) is 42.2. The van der Waals surface area contributed by atoms with Gasteiger partial charge >= 0.3 is 0 Å². The molecule has 0 atom stereocenters. The van der Waals surface area contributed by atoms with E-state index in [4.69, 9.17) is 5.73 Å². The summed E-state index contributed by atoms with van der Waals surface area (Å²) in [7, 11) is 0. The van der Waals surface area contributed by atoms with E-state index in [0.717, 1.165) is 24.1 Å². The van der Waals surface area contributed by atoms with Crippen molar-refractivity contribution < 1.29 is 14.4 Å². The number of nitrogens with zero attached hydrogens (tertiary/aromatic N) is 3. The zero-order valence-corrected chi connectivity index (χ0v) is 17.1. The van der Waals surface area contributed by atoms with Crippen molar-refractivity contribution in [2.75, 3.05) is 32.7 Å². The fourth-order valence-electron chi connectivity index (χ4n) is 3.61. The van der Waals surface area contributed by atoms with Gasteiger partial charge in [0, 0.05) is 26.2 Å². The quantitative estimate of drug-likeness (QED) is 0.712. The van der Waals surface area contributed by atoms with Crippen LogP contribution in [0.5, 0.6) is 0 Å². The molecule has 0 spiro atoms. The van der Waals surface area contributed by atoms with Gasteiger partial charge < -0.3 is 15.5 Å². The Bertz CT molecular complexity index is 857. The van der Waals surface area contributed by atoms with E-state index in [0.29, 0.717) is 13.1 Å². The maximum Gasteiger partial charge on any atom is 0.242 e. The number of primary amides is 1. The van der Waals surface area contributed by atoms with Gasteiger partial charge in [-0.1, -0.05) is 60.7 Å². The Hall–Kier alpha value is -3.19. The summed E-state index contributed by atoms with van der Waals surface area (Å²) in [6, 6.07) is 19.5. The van der Waals surface area contributed by atoms with Crippen LogP contribution < -0.4 is 5.73 Å². The van der Waals surface area contributed by atoms with Gasteiger partial charge in [0.2, 0.25) is 17.7 Å². The molecule has 3 amide bonds. The molecule has 7 nitrogen and oxygen atoms in total. The standard InChI is InChI=1S/C23H28N4O3/c24-21(28)16-27(15-20-10-5-2-6-11-20)23(30)18-26-13-7-12-25(17-22(26)29)14-19-8-3-1-4-9-19/h1-6,8-11H,7,12-18H2,(H2,24,28). The summed E-state index contributed by atoms with van der Waals surface area (Å²) in [5.74, 6) is -0.923. The third kappa shape index (κ3) is 6.42. The van der Waals surface area contributed by atoms with Crippen LogP contribution in [0.1, 0.15) is 17.5 Å². The Balaban J connectivity index is 1.60. The number of benzene rings is 2. The molecule has 1 aliphatic heterocycles. The zero-order valence-electron chi connectivity index (χ0n) is 17.1. The smallest absolute Gasteiger partial charge is 0.242 e. The first-order valence-corrected chi connectivity index (χ1v) is 10.2. The molecule has 0 saturated carbocycles. The lowest BCUT2D eigenvalue weighted by molar-refractivity contribution is -0.142. The minimum Gasteiger partial charge on any atom is -0.368 e. The van der Waals surface area contributed by atoms with Crippen LogP contribution in [-0.4, -0.2) is 65.1 Å². The number of carbonyl (C=O) groups is 3. The molecule has 2 N–H and O–H groups in total. The first kappa shape index (κ1) is 21.5. The van der Waals surface area contributed by atoms with Crippen LogP contribution in [0, 0.1) is 0 Å². The number of hydrogen-bond donors (Lipinski definition) is 1. The van der Waals surface area contributed by atoms with E-state index >= 15 is 0 Å². The maximum atomic E-state index is 12.9. The number of amides is 3. The lowest BCUT2D eigenvalue weighted by Gasteiger charge is -2.26.